The maximum atomic E-state index is 11.8. The zero-order chi connectivity index (χ0) is 12.8. The normalized spacial score (nSPS) is 23.2. The summed E-state index contributed by atoms with van der Waals surface area (Å²) < 4.78 is 10.7. The Balaban J connectivity index is 1.88. The van der Waals surface area contributed by atoms with Crippen molar-refractivity contribution >= 4 is 17.7 Å². The second-order valence-electron chi connectivity index (χ2n) is 4.22. The number of hydrogen-bond donors (Lipinski definition) is 2. The van der Waals surface area contributed by atoms with Crippen molar-refractivity contribution < 1.29 is 19.1 Å². The van der Waals surface area contributed by atoms with Gasteiger partial charge in [0.2, 0.25) is 0 Å². The van der Waals surface area contributed by atoms with E-state index in [0.29, 0.717) is 18.9 Å². The molecule has 18 heavy (non-hydrogen) atoms. The molecule has 2 heterocycles. The van der Waals surface area contributed by atoms with Gasteiger partial charge in [0.25, 0.3) is 5.91 Å². The third kappa shape index (κ3) is 3.28. The van der Waals surface area contributed by atoms with Crippen LogP contribution in [0.1, 0.15) is 17.0 Å². The van der Waals surface area contributed by atoms with Gasteiger partial charge in [-0.1, -0.05) is 0 Å². The lowest BCUT2D eigenvalue weighted by Crippen LogP contribution is -2.45. The molecule has 1 aromatic rings. The van der Waals surface area contributed by atoms with Crippen molar-refractivity contribution in [1.82, 2.24) is 5.32 Å². The van der Waals surface area contributed by atoms with E-state index in [1.165, 1.54) is 6.26 Å². The second-order valence-corrected chi connectivity index (χ2v) is 5.32. The number of rotatable bonds is 6. The summed E-state index contributed by atoms with van der Waals surface area (Å²) in [6.45, 7) is 0.745. The van der Waals surface area contributed by atoms with Gasteiger partial charge in [-0.25, -0.2) is 0 Å². The van der Waals surface area contributed by atoms with E-state index in [9.17, 15) is 4.79 Å². The Morgan fingerprint density at radius 3 is 3.17 bits per heavy atom. The van der Waals surface area contributed by atoms with Crippen molar-refractivity contribution in [3.05, 3.63) is 24.2 Å². The molecule has 1 fully saturated rings. The molecule has 2 N–H and O–H groups in total. The van der Waals surface area contributed by atoms with Gasteiger partial charge in [0.05, 0.1) is 25.1 Å². The van der Waals surface area contributed by atoms with Gasteiger partial charge < -0.3 is 19.6 Å². The predicted octanol–water partition coefficient (Wildman–Crippen LogP) is 0.894. The number of carbonyl (C=O) groups excluding carboxylic acids is 1. The lowest BCUT2D eigenvalue weighted by Gasteiger charge is -2.28. The smallest absolute Gasteiger partial charge is 0.287 e. The second kappa shape index (κ2) is 6.26. The minimum Gasteiger partial charge on any atom is -0.459 e. The van der Waals surface area contributed by atoms with E-state index in [1.807, 2.05) is 0 Å². The number of furan rings is 1. The first-order valence-electron chi connectivity index (χ1n) is 5.90. The zero-order valence-corrected chi connectivity index (χ0v) is 10.9. The van der Waals surface area contributed by atoms with Crippen LogP contribution in [0.5, 0.6) is 0 Å². The van der Waals surface area contributed by atoms with Crippen LogP contribution in [0.25, 0.3) is 0 Å². The lowest BCUT2D eigenvalue weighted by molar-refractivity contribution is -0.0379. The molecule has 1 amide bonds. The Morgan fingerprint density at radius 1 is 1.67 bits per heavy atom. The van der Waals surface area contributed by atoms with E-state index in [2.05, 4.69) is 5.32 Å². The molecule has 0 bridgehead atoms. The number of nitrogens with one attached hydrogen (secondary N) is 1. The van der Waals surface area contributed by atoms with Crippen molar-refractivity contribution in [3.63, 3.8) is 0 Å². The highest BCUT2D eigenvalue weighted by Gasteiger charge is 2.35. The summed E-state index contributed by atoms with van der Waals surface area (Å²) in [6.07, 6.45) is 2.36. The maximum absolute atomic E-state index is 11.8. The van der Waals surface area contributed by atoms with Crippen LogP contribution in [0.3, 0.4) is 0 Å². The van der Waals surface area contributed by atoms with E-state index in [0.717, 1.165) is 17.9 Å². The van der Waals surface area contributed by atoms with Gasteiger partial charge >= 0.3 is 0 Å². The van der Waals surface area contributed by atoms with Crippen LogP contribution in [-0.2, 0) is 4.74 Å². The minimum atomic E-state index is -0.352. The Labute approximate surface area is 110 Å². The first-order chi connectivity index (χ1) is 8.76. The number of amides is 1. The average molecular weight is 271 g/mol. The van der Waals surface area contributed by atoms with E-state index >= 15 is 0 Å². The summed E-state index contributed by atoms with van der Waals surface area (Å²) in [5.74, 6) is 1.93. The molecule has 0 saturated carbocycles. The largest absolute Gasteiger partial charge is 0.459 e. The number of ether oxygens (including phenoxy) is 1. The predicted molar refractivity (Wildman–Crippen MR) is 68.8 cm³/mol. The molecule has 1 aliphatic heterocycles. The van der Waals surface area contributed by atoms with Gasteiger partial charge in [-0.3, -0.25) is 4.79 Å². The van der Waals surface area contributed by atoms with Gasteiger partial charge in [-0.15, -0.1) is 0 Å². The zero-order valence-electron chi connectivity index (χ0n) is 10.1. The molecule has 2 rings (SSSR count). The van der Waals surface area contributed by atoms with E-state index < -0.39 is 0 Å². The first-order valence-corrected chi connectivity index (χ1v) is 7.05. The van der Waals surface area contributed by atoms with Crippen LogP contribution in [0, 0.1) is 0 Å². The molecule has 1 aliphatic rings. The van der Waals surface area contributed by atoms with E-state index in [1.54, 1.807) is 23.9 Å². The fourth-order valence-electron chi connectivity index (χ4n) is 1.89. The van der Waals surface area contributed by atoms with Crippen LogP contribution in [0.15, 0.2) is 22.8 Å². The van der Waals surface area contributed by atoms with Gasteiger partial charge in [0.1, 0.15) is 0 Å². The topological polar surface area (TPSA) is 71.7 Å². The molecule has 0 radical (unpaired) electrons. The van der Waals surface area contributed by atoms with Gasteiger partial charge in [0.15, 0.2) is 5.76 Å². The summed E-state index contributed by atoms with van der Waals surface area (Å²) in [5.41, 5.74) is -0.352. The van der Waals surface area contributed by atoms with E-state index in [-0.39, 0.29) is 18.1 Å². The number of hydrogen-bond acceptors (Lipinski definition) is 5. The molecular formula is C12H17NO4S. The summed E-state index contributed by atoms with van der Waals surface area (Å²) >= 11 is 1.80. The number of aliphatic hydroxyl groups is 1. The maximum Gasteiger partial charge on any atom is 0.287 e. The lowest BCUT2D eigenvalue weighted by atomic mass is 10.0. The highest BCUT2D eigenvalue weighted by Crippen LogP contribution is 2.30. The van der Waals surface area contributed by atoms with E-state index in [4.69, 9.17) is 14.3 Å². The number of thioether (sulfide) groups is 1. The van der Waals surface area contributed by atoms with Gasteiger partial charge in [-0.2, -0.15) is 11.8 Å². The fourth-order valence-corrected chi connectivity index (χ4v) is 3.25. The van der Waals surface area contributed by atoms with Crippen LogP contribution in [0.2, 0.25) is 0 Å². The van der Waals surface area contributed by atoms with Gasteiger partial charge in [0, 0.05) is 12.3 Å². The molecule has 0 spiro atoms. The Bertz CT molecular complexity index is 373. The molecule has 1 saturated heterocycles. The Hall–Kier alpha value is -0.980. The molecule has 1 aromatic heterocycles. The van der Waals surface area contributed by atoms with Crippen LogP contribution >= 0.6 is 11.8 Å². The molecule has 1 unspecified atom stereocenters. The molecule has 1 atom stereocenters. The highest BCUT2D eigenvalue weighted by molar-refractivity contribution is 7.99. The van der Waals surface area contributed by atoms with Crippen molar-refractivity contribution in [2.75, 3.05) is 31.3 Å². The van der Waals surface area contributed by atoms with Crippen molar-refractivity contribution in [2.24, 2.45) is 0 Å². The van der Waals surface area contributed by atoms with Crippen LogP contribution < -0.4 is 5.32 Å². The van der Waals surface area contributed by atoms with Crippen molar-refractivity contribution in [2.45, 2.75) is 12.0 Å². The summed E-state index contributed by atoms with van der Waals surface area (Å²) in [6, 6.07) is 3.30. The number of carbonyl (C=O) groups is 1. The Kier molecular flexibility index (Phi) is 4.68. The Morgan fingerprint density at radius 2 is 2.56 bits per heavy atom. The fraction of sp³-hybridized carbons (Fsp3) is 0.583. The standard InChI is InChI=1S/C12H17NO4S/c14-4-6-17-12(3-7-18-9-12)8-13-11(15)10-2-1-5-16-10/h1-2,5,14H,3-4,6-9H2,(H,13,15). The monoisotopic (exact) mass is 271 g/mol. The van der Waals surface area contributed by atoms with Crippen LogP contribution in [-0.4, -0.2) is 47.9 Å². The minimum absolute atomic E-state index is 0.00144. The summed E-state index contributed by atoms with van der Waals surface area (Å²) in [5, 5.41) is 11.7. The quantitative estimate of drug-likeness (QED) is 0.804. The third-order valence-electron chi connectivity index (χ3n) is 2.88. The van der Waals surface area contributed by atoms with Crippen molar-refractivity contribution in [3.8, 4) is 0 Å². The summed E-state index contributed by atoms with van der Waals surface area (Å²) in [4.78, 5) is 11.8. The molecule has 0 aromatic carbocycles. The number of aliphatic hydroxyl groups excluding tert-OH is 1. The molecule has 100 valence electrons. The summed E-state index contributed by atoms with van der Waals surface area (Å²) in [7, 11) is 0. The SMILES string of the molecule is O=C(NCC1(OCCO)CCSC1)c1ccco1. The van der Waals surface area contributed by atoms with Crippen molar-refractivity contribution in [1.29, 1.82) is 0 Å². The first kappa shape index (κ1) is 13.5. The highest BCUT2D eigenvalue weighted by atomic mass is 32.2. The third-order valence-corrected chi connectivity index (χ3v) is 4.11. The van der Waals surface area contributed by atoms with Crippen LogP contribution in [0.4, 0.5) is 0 Å². The average Bonchev–Trinajstić information content (AvgIpc) is 3.05. The molecule has 6 heteroatoms. The van der Waals surface area contributed by atoms with Gasteiger partial charge in [-0.05, 0) is 24.3 Å². The molecule has 0 aliphatic carbocycles. The molecule has 5 nitrogen and oxygen atoms in total. The molecular weight excluding hydrogens is 254 g/mol.